The number of ether oxygens (including phenoxy) is 1. The van der Waals surface area contributed by atoms with Gasteiger partial charge >= 0.3 is 0 Å². The molecule has 18 heavy (non-hydrogen) atoms. The summed E-state index contributed by atoms with van der Waals surface area (Å²) in [7, 11) is 2.98. The number of aliphatic hydroxyl groups excluding tert-OH is 1. The summed E-state index contributed by atoms with van der Waals surface area (Å²) in [4.78, 5) is 13.2. The first-order chi connectivity index (χ1) is 8.45. The molecule has 1 amide bonds. The summed E-state index contributed by atoms with van der Waals surface area (Å²) < 4.78 is 18.0. The number of rotatable bonds is 5. The molecular weight excluding hydrogens is 239 g/mol. The third-order valence-corrected chi connectivity index (χ3v) is 2.44. The standard InChI is InChI=1S/C12H17FN2O3/c1-15(6-9(16)7-18-2)12(17)8-3-4-11(14)10(13)5-8/h3-5,9,16H,6-7,14H2,1-2H3. The van der Waals surface area contributed by atoms with Gasteiger partial charge < -0.3 is 20.5 Å². The van der Waals surface area contributed by atoms with Crippen LogP contribution in [0.5, 0.6) is 0 Å². The molecule has 0 aromatic heterocycles. The fraction of sp³-hybridized carbons (Fsp3) is 0.417. The number of carbonyl (C=O) groups is 1. The first-order valence-corrected chi connectivity index (χ1v) is 5.43. The van der Waals surface area contributed by atoms with Crippen molar-refractivity contribution >= 4 is 11.6 Å². The molecule has 0 aliphatic carbocycles. The van der Waals surface area contributed by atoms with Crippen molar-refractivity contribution in [2.75, 3.05) is 33.0 Å². The molecule has 6 heteroatoms. The minimum atomic E-state index is -0.775. The molecule has 5 nitrogen and oxygen atoms in total. The second kappa shape index (κ2) is 6.32. The van der Waals surface area contributed by atoms with Gasteiger partial charge in [0.05, 0.1) is 18.4 Å². The van der Waals surface area contributed by atoms with E-state index in [4.69, 9.17) is 10.5 Å². The zero-order valence-electron chi connectivity index (χ0n) is 10.4. The largest absolute Gasteiger partial charge is 0.396 e. The van der Waals surface area contributed by atoms with Gasteiger partial charge in [-0.05, 0) is 18.2 Å². The van der Waals surface area contributed by atoms with Crippen LogP contribution in [0.4, 0.5) is 10.1 Å². The Balaban J connectivity index is 2.71. The van der Waals surface area contributed by atoms with Gasteiger partial charge in [-0.1, -0.05) is 0 Å². The first kappa shape index (κ1) is 14.4. The number of halogens is 1. The number of aliphatic hydroxyl groups is 1. The van der Waals surface area contributed by atoms with E-state index < -0.39 is 11.9 Å². The summed E-state index contributed by atoms with van der Waals surface area (Å²) in [5, 5.41) is 9.50. The van der Waals surface area contributed by atoms with Crippen LogP contribution in [0, 0.1) is 5.82 Å². The lowest BCUT2D eigenvalue weighted by Crippen LogP contribution is -2.36. The van der Waals surface area contributed by atoms with Gasteiger partial charge in [0, 0.05) is 26.3 Å². The molecule has 1 atom stereocenters. The molecule has 1 aromatic rings. The van der Waals surface area contributed by atoms with Crippen LogP contribution >= 0.6 is 0 Å². The molecule has 100 valence electrons. The van der Waals surface area contributed by atoms with Crippen LogP contribution in [0.1, 0.15) is 10.4 Å². The number of carbonyl (C=O) groups excluding carboxylic acids is 1. The van der Waals surface area contributed by atoms with E-state index in [1.165, 1.54) is 31.2 Å². The number of nitrogens with zero attached hydrogens (tertiary/aromatic N) is 1. The van der Waals surface area contributed by atoms with Crippen LogP contribution in [-0.2, 0) is 4.74 Å². The van der Waals surface area contributed by atoms with E-state index in [9.17, 15) is 14.3 Å². The zero-order valence-corrected chi connectivity index (χ0v) is 10.4. The van der Waals surface area contributed by atoms with E-state index in [0.29, 0.717) is 0 Å². The summed E-state index contributed by atoms with van der Waals surface area (Å²) in [6.45, 7) is 0.242. The van der Waals surface area contributed by atoms with Crippen molar-refractivity contribution in [3.8, 4) is 0 Å². The molecule has 0 radical (unpaired) electrons. The topological polar surface area (TPSA) is 75.8 Å². The van der Waals surface area contributed by atoms with Crippen molar-refractivity contribution in [2.45, 2.75) is 6.10 Å². The SMILES string of the molecule is COCC(O)CN(C)C(=O)c1ccc(N)c(F)c1. The lowest BCUT2D eigenvalue weighted by molar-refractivity contribution is 0.0380. The van der Waals surface area contributed by atoms with Gasteiger partial charge in [0.15, 0.2) is 0 Å². The Labute approximate surface area is 105 Å². The first-order valence-electron chi connectivity index (χ1n) is 5.43. The Hall–Kier alpha value is -1.66. The van der Waals surface area contributed by atoms with Crippen LogP contribution in [-0.4, -0.2) is 49.3 Å². The Kier molecular flexibility index (Phi) is 5.06. The van der Waals surface area contributed by atoms with Crippen molar-refractivity contribution < 1.29 is 19.0 Å². The quantitative estimate of drug-likeness (QED) is 0.752. The average Bonchev–Trinajstić information content (AvgIpc) is 2.32. The highest BCUT2D eigenvalue weighted by Crippen LogP contribution is 2.13. The third-order valence-electron chi connectivity index (χ3n) is 2.44. The summed E-state index contributed by atoms with van der Waals surface area (Å²) in [6, 6.07) is 3.86. The van der Waals surface area contributed by atoms with Crippen LogP contribution in [0.3, 0.4) is 0 Å². The summed E-state index contributed by atoms with van der Waals surface area (Å²) in [5.41, 5.74) is 5.51. The van der Waals surface area contributed by atoms with Crippen molar-refractivity contribution in [3.05, 3.63) is 29.6 Å². The van der Waals surface area contributed by atoms with E-state index in [1.807, 2.05) is 0 Å². The van der Waals surface area contributed by atoms with Gasteiger partial charge in [-0.25, -0.2) is 4.39 Å². The summed E-state index contributed by atoms with van der Waals surface area (Å²) in [6.07, 6.45) is -0.775. The smallest absolute Gasteiger partial charge is 0.253 e. The summed E-state index contributed by atoms with van der Waals surface area (Å²) in [5.74, 6) is -1.02. The molecule has 1 aromatic carbocycles. The fourth-order valence-corrected chi connectivity index (χ4v) is 1.52. The van der Waals surface area contributed by atoms with E-state index >= 15 is 0 Å². The van der Waals surface area contributed by atoms with E-state index in [2.05, 4.69) is 0 Å². The maximum atomic E-state index is 13.2. The van der Waals surface area contributed by atoms with Crippen LogP contribution in [0.15, 0.2) is 18.2 Å². The van der Waals surface area contributed by atoms with Crippen LogP contribution in [0.25, 0.3) is 0 Å². The van der Waals surface area contributed by atoms with Gasteiger partial charge in [-0.15, -0.1) is 0 Å². The van der Waals surface area contributed by atoms with Gasteiger partial charge in [0.1, 0.15) is 5.82 Å². The summed E-state index contributed by atoms with van der Waals surface area (Å²) >= 11 is 0. The second-order valence-electron chi connectivity index (χ2n) is 4.03. The van der Waals surface area contributed by atoms with Gasteiger partial charge in [-0.2, -0.15) is 0 Å². The third kappa shape index (κ3) is 3.68. The number of benzene rings is 1. The number of methoxy groups -OCH3 is 1. The van der Waals surface area contributed by atoms with Crippen LogP contribution in [0.2, 0.25) is 0 Å². The van der Waals surface area contributed by atoms with Crippen molar-refractivity contribution in [1.82, 2.24) is 4.90 Å². The Morgan fingerprint density at radius 2 is 2.28 bits per heavy atom. The Bertz CT molecular complexity index is 426. The highest BCUT2D eigenvalue weighted by Gasteiger charge is 2.16. The Morgan fingerprint density at radius 3 is 2.83 bits per heavy atom. The molecule has 0 fully saturated rings. The number of nitrogen functional groups attached to an aromatic ring is 1. The highest BCUT2D eigenvalue weighted by atomic mass is 19.1. The van der Waals surface area contributed by atoms with Gasteiger partial charge in [0.2, 0.25) is 0 Å². The van der Waals surface area contributed by atoms with Crippen molar-refractivity contribution in [2.24, 2.45) is 0 Å². The molecule has 0 saturated heterocycles. The normalized spacial score (nSPS) is 12.2. The maximum absolute atomic E-state index is 13.2. The second-order valence-corrected chi connectivity index (χ2v) is 4.03. The van der Waals surface area contributed by atoms with Crippen LogP contribution < -0.4 is 5.73 Å². The van der Waals surface area contributed by atoms with Gasteiger partial charge in [0.25, 0.3) is 5.91 Å². The highest BCUT2D eigenvalue weighted by molar-refractivity contribution is 5.94. The molecule has 0 bridgehead atoms. The number of hydrogen-bond donors (Lipinski definition) is 2. The number of nitrogens with two attached hydrogens (primary N) is 1. The van der Waals surface area contributed by atoms with E-state index in [-0.39, 0.29) is 30.3 Å². The van der Waals surface area contributed by atoms with E-state index in [0.717, 1.165) is 6.07 Å². The minimum Gasteiger partial charge on any atom is -0.396 e. The molecular formula is C12H17FN2O3. The number of hydrogen-bond acceptors (Lipinski definition) is 4. The molecule has 1 unspecified atom stereocenters. The van der Waals surface area contributed by atoms with Crippen molar-refractivity contribution in [1.29, 1.82) is 0 Å². The zero-order chi connectivity index (χ0) is 13.7. The molecule has 0 aliphatic rings. The minimum absolute atomic E-state index is 0.00591. The fourth-order valence-electron chi connectivity index (χ4n) is 1.52. The average molecular weight is 256 g/mol. The maximum Gasteiger partial charge on any atom is 0.253 e. The number of amides is 1. The molecule has 0 saturated carbocycles. The number of likely N-dealkylation sites (N-methyl/N-ethyl adjacent to an activating group) is 1. The monoisotopic (exact) mass is 256 g/mol. The predicted octanol–water partition coefficient (Wildman–Crippen LogP) is 0.487. The molecule has 0 heterocycles. The predicted molar refractivity (Wildman–Crippen MR) is 65.7 cm³/mol. The molecule has 0 spiro atoms. The van der Waals surface area contributed by atoms with E-state index in [1.54, 1.807) is 0 Å². The lowest BCUT2D eigenvalue weighted by atomic mass is 10.1. The molecule has 1 rings (SSSR count). The van der Waals surface area contributed by atoms with Gasteiger partial charge in [-0.3, -0.25) is 4.79 Å². The molecule has 0 aliphatic heterocycles. The Morgan fingerprint density at radius 1 is 1.61 bits per heavy atom. The lowest BCUT2D eigenvalue weighted by Gasteiger charge is -2.20. The molecule has 3 N–H and O–H groups in total. The van der Waals surface area contributed by atoms with Crippen molar-refractivity contribution in [3.63, 3.8) is 0 Å². The number of anilines is 1.